The van der Waals surface area contributed by atoms with E-state index in [1.165, 1.54) is 11.3 Å². The zero-order valence-electron chi connectivity index (χ0n) is 27.0. The molecule has 12 nitrogen and oxygen atoms in total. The van der Waals surface area contributed by atoms with Crippen LogP contribution in [0.4, 0.5) is 39.5 Å². The molecule has 0 atom stereocenters. The van der Waals surface area contributed by atoms with Gasteiger partial charge in [0.2, 0.25) is 0 Å². The Morgan fingerprint density at radius 3 is 1.77 bits per heavy atom. The van der Waals surface area contributed by atoms with Gasteiger partial charge in [-0.25, -0.2) is 19.4 Å². The maximum absolute atomic E-state index is 10.6. The van der Waals surface area contributed by atoms with Crippen LogP contribution >= 0.6 is 0 Å². The van der Waals surface area contributed by atoms with Crippen LogP contribution in [0.2, 0.25) is 0 Å². The number of carboxylic acid groups (broad SMARTS) is 3. The van der Waals surface area contributed by atoms with Gasteiger partial charge in [0.05, 0.1) is 24.6 Å². The molecule has 1 saturated heterocycles. The number of nitrogens with zero attached hydrogens (tertiary/aromatic N) is 5. The average Bonchev–Trinajstić information content (AvgIpc) is 3.45. The lowest BCUT2D eigenvalue weighted by molar-refractivity contribution is -0.193. The number of methoxy groups -OCH3 is 1. The summed E-state index contributed by atoms with van der Waals surface area (Å²) in [6.07, 6.45) is -7.36. The smallest absolute Gasteiger partial charge is 0.490 e. The van der Waals surface area contributed by atoms with Crippen molar-refractivity contribution in [3.05, 3.63) is 72.4 Å². The summed E-state index contributed by atoms with van der Waals surface area (Å²) in [6.45, 7) is 3.11. The largest absolute Gasteiger partial charge is 0.497 e. The van der Waals surface area contributed by atoms with Crippen molar-refractivity contribution >= 4 is 28.9 Å². The third kappa shape index (κ3) is 13.3. The molecule has 4 aromatic rings. The zero-order chi connectivity index (χ0) is 39.4. The second-order valence-electron chi connectivity index (χ2n) is 10.7. The predicted molar refractivity (Wildman–Crippen MR) is 163 cm³/mol. The molecule has 52 heavy (non-hydrogen) atoms. The summed E-state index contributed by atoms with van der Waals surface area (Å²) < 4.78 is 103. The molecule has 0 unspecified atom stereocenters. The average molecular weight is 756 g/mol. The van der Waals surface area contributed by atoms with Crippen molar-refractivity contribution in [3.63, 3.8) is 0 Å². The molecule has 1 aromatic carbocycles. The summed E-state index contributed by atoms with van der Waals surface area (Å²) in [6, 6.07) is 14.5. The number of hydrogen-bond donors (Lipinski definition) is 3. The van der Waals surface area contributed by atoms with Crippen LogP contribution in [0.3, 0.4) is 0 Å². The number of hydrogen-bond acceptors (Lipinski definition) is 8. The van der Waals surface area contributed by atoms with E-state index in [1.54, 1.807) is 7.11 Å². The van der Waals surface area contributed by atoms with Crippen LogP contribution < -0.4 is 4.74 Å². The molecule has 0 amide bonds. The molecule has 1 aliphatic rings. The van der Waals surface area contributed by atoms with E-state index in [0.29, 0.717) is 5.92 Å². The number of pyridine rings is 2. The van der Waals surface area contributed by atoms with E-state index >= 15 is 0 Å². The summed E-state index contributed by atoms with van der Waals surface area (Å²) in [7, 11) is 3.74. The quantitative estimate of drug-likeness (QED) is 0.195. The number of aliphatic carboxylic acids is 3. The molecule has 1 fully saturated rings. The number of ether oxygens (including phenoxy) is 1. The van der Waals surface area contributed by atoms with E-state index < -0.39 is 36.4 Å². The minimum absolute atomic E-state index is 0.460. The number of likely N-dealkylation sites (tertiary alicyclic amines) is 1. The van der Waals surface area contributed by atoms with Crippen LogP contribution in [-0.4, -0.2) is 96.4 Å². The van der Waals surface area contributed by atoms with Crippen LogP contribution in [0.15, 0.2) is 61.2 Å². The highest BCUT2D eigenvalue weighted by molar-refractivity contribution is 5.90. The molecule has 5 rings (SSSR count). The van der Waals surface area contributed by atoms with Crippen LogP contribution in [0.1, 0.15) is 30.0 Å². The van der Waals surface area contributed by atoms with Gasteiger partial charge in [-0.3, -0.25) is 14.9 Å². The fourth-order valence-corrected chi connectivity index (χ4v) is 4.44. The van der Waals surface area contributed by atoms with Gasteiger partial charge in [-0.1, -0.05) is 6.07 Å². The van der Waals surface area contributed by atoms with E-state index in [9.17, 15) is 39.5 Å². The number of carboxylic acids is 3. The molecule has 0 radical (unpaired) electrons. The van der Waals surface area contributed by atoms with E-state index in [-0.39, 0.29) is 0 Å². The Morgan fingerprint density at radius 2 is 1.35 bits per heavy atom. The third-order valence-corrected chi connectivity index (χ3v) is 6.96. The Morgan fingerprint density at radius 1 is 0.846 bits per heavy atom. The zero-order valence-corrected chi connectivity index (χ0v) is 27.0. The summed E-state index contributed by atoms with van der Waals surface area (Å²) in [5.74, 6) is -6.97. The number of carbonyl (C=O) groups is 3. The Labute approximate surface area is 288 Å². The van der Waals surface area contributed by atoms with Gasteiger partial charge in [0.1, 0.15) is 11.3 Å². The molecule has 4 heterocycles. The van der Waals surface area contributed by atoms with E-state index in [0.717, 1.165) is 60.5 Å². The minimum atomic E-state index is -5.08. The van der Waals surface area contributed by atoms with Crippen molar-refractivity contribution in [2.24, 2.45) is 7.05 Å². The van der Waals surface area contributed by atoms with Crippen LogP contribution in [0, 0.1) is 0 Å². The number of rotatable bonds is 5. The maximum atomic E-state index is 10.6. The molecule has 0 saturated carbocycles. The molecule has 0 spiro atoms. The molecule has 3 N–H and O–H groups in total. The lowest BCUT2D eigenvalue weighted by Crippen LogP contribution is -2.32. The van der Waals surface area contributed by atoms with Gasteiger partial charge in [0.25, 0.3) is 0 Å². The first-order valence-electron chi connectivity index (χ1n) is 14.5. The van der Waals surface area contributed by atoms with Gasteiger partial charge in [0, 0.05) is 43.2 Å². The molecule has 3 aromatic heterocycles. The monoisotopic (exact) mass is 755 g/mol. The second-order valence-corrected chi connectivity index (χ2v) is 10.7. The van der Waals surface area contributed by atoms with E-state index in [2.05, 4.69) is 43.7 Å². The molecular weight excluding hydrogens is 725 g/mol. The number of alkyl halides is 9. The number of aryl methyl sites for hydroxylation is 1. The van der Waals surface area contributed by atoms with Gasteiger partial charge in [-0.2, -0.15) is 39.5 Å². The molecule has 1 aliphatic heterocycles. The van der Waals surface area contributed by atoms with Crippen LogP contribution in [-0.2, 0) is 28.0 Å². The Balaban J connectivity index is 0.000000365. The molecular formula is C31H30F9N5O7. The first-order valence-corrected chi connectivity index (χ1v) is 14.5. The highest BCUT2D eigenvalue weighted by Gasteiger charge is 2.39. The normalized spacial score (nSPS) is 13.8. The molecule has 21 heteroatoms. The lowest BCUT2D eigenvalue weighted by Gasteiger charge is -2.31. The molecule has 0 aliphatic carbocycles. The number of halogens is 9. The van der Waals surface area contributed by atoms with Gasteiger partial charge < -0.3 is 24.6 Å². The summed E-state index contributed by atoms with van der Waals surface area (Å²) in [5, 5.41) is 21.4. The first kappa shape index (κ1) is 42.7. The van der Waals surface area contributed by atoms with E-state index in [4.69, 9.17) is 39.4 Å². The van der Waals surface area contributed by atoms with Gasteiger partial charge in [-0.05, 0) is 67.9 Å². The summed E-state index contributed by atoms with van der Waals surface area (Å²) in [5.41, 5.74) is 6.55. The van der Waals surface area contributed by atoms with Crippen molar-refractivity contribution in [3.8, 4) is 17.0 Å². The van der Waals surface area contributed by atoms with E-state index in [1.807, 2.05) is 44.0 Å². The number of aromatic nitrogens is 4. The number of piperidine rings is 1. The topological polar surface area (TPSA) is 168 Å². The Bertz CT molecular complexity index is 1720. The Kier molecular flexibility index (Phi) is 14.9. The van der Waals surface area contributed by atoms with Gasteiger partial charge in [0.15, 0.2) is 0 Å². The number of imidazole rings is 1. The molecule has 284 valence electrons. The predicted octanol–water partition coefficient (Wildman–Crippen LogP) is 6.32. The van der Waals surface area contributed by atoms with Crippen molar-refractivity contribution in [1.29, 1.82) is 0 Å². The van der Waals surface area contributed by atoms with Crippen molar-refractivity contribution < 1.29 is 74.0 Å². The fourth-order valence-electron chi connectivity index (χ4n) is 4.44. The SMILES string of the molecule is COc1ccc(-c2nc(C3CCN(Cc4cccnc4)CC3)cc3c2ncn3C)cc1.O=C(O)C(F)(F)F.O=C(O)C(F)(F)F.O=C(O)C(F)(F)F. The first-order chi connectivity index (χ1) is 24.0. The maximum Gasteiger partial charge on any atom is 0.490 e. The third-order valence-electron chi connectivity index (χ3n) is 6.96. The second kappa shape index (κ2) is 18.1. The highest BCUT2D eigenvalue weighted by atomic mass is 19.4. The lowest BCUT2D eigenvalue weighted by atomic mass is 9.92. The van der Waals surface area contributed by atoms with Crippen LogP contribution in [0.25, 0.3) is 22.3 Å². The van der Waals surface area contributed by atoms with Crippen molar-refractivity contribution in [1.82, 2.24) is 24.4 Å². The summed E-state index contributed by atoms with van der Waals surface area (Å²) >= 11 is 0. The Hall–Kier alpha value is -5.47. The van der Waals surface area contributed by atoms with Gasteiger partial charge >= 0.3 is 36.4 Å². The standard InChI is InChI=1S/C25H27N5O.3C2HF3O2/c1-29-17-27-25-23(29)14-22(28-24(25)20-5-7-21(31-2)8-6-20)19-9-12-30(13-10-19)16-18-4-3-11-26-15-18;3*3-2(4,5)1(6)7/h3-8,11,14-15,17,19H,9-10,12-13,16H2,1-2H3;3*(H,6,7). The fraction of sp³-hybridized carbons (Fsp3) is 0.355. The number of benzene rings is 1. The van der Waals surface area contributed by atoms with Crippen LogP contribution in [0.5, 0.6) is 5.75 Å². The summed E-state index contributed by atoms with van der Waals surface area (Å²) in [4.78, 5) is 43.2. The highest BCUT2D eigenvalue weighted by Crippen LogP contribution is 2.34. The number of fused-ring (bicyclic) bond motifs is 1. The minimum Gasteiger partial charge on any atom is -0.497 e. The van der Waals surface area contributed by atoms with Crippen molar-refractivity contribution in [2.75, 3.05) is 20.2 Å². The molecule has 0 bridgehead atoms. The van der Waals surface area contributed by atoms with Crippen molar-refractivity contribution in [2.45, 2.75) is 43.8 Å². The van der Waals surface area contributed by atoms with Gasteiger partial charge in [-0.15, -0.1) is 0 Å².